The van der Waals surface area contributed by atoms with Crippen molar-refractivity contribution in [2.45, 2.75) is 13.8 Å². The number of H-pyrrole nitrogens is 1. The van der Waals surface area contributed by atoms with Crippen molar-refractivity contribution in [2.24, 2.45) is 0 Å². The molecule has 3 nitrogen and oxygen atoms in total. The highest BCUT2D eigenvalue weighted by molar-refractivity contribution is 6.12. The third kappa shape index (κ3) is 1.22. The maximum absolute atomic E-state index is 9.96. The number of nitrogens with one attached hydrogen (secondary N) is 1. The zero-order chi connectivity index (χ0) is 12.2. The van der Waals surface area contributed by atoms with E-state index in [2.05, 4.69) is 4.98 Å². The number of benzene rings is 2. The molecule has 0 radical (unpaired) electrons. The Labute approximate surface area is 98.3 Å². The lowest BCUT2D eigenvalue weighted by Crippen LogP contribution is -1.82. The van der Waals surface area contributed by atoms with Crippen LogP contribution in [0.1, 0.15) is 11.1 Å². The van der Waals surface area contributed by atoms with Crippen molar-refractivity contribution >= 4 is 21.8 Å². The number of para-hydroxylation sites is 1. The molecule has 3 rings (SSSR count). The van der Waals surface area contributed by atoms with Crippen molar-refractivity contribution in [3.05, 3.63) is 35.4 Å². The van der Waals surface area contributed by atoms with Crippen LogP contribution < -0.4 is 0 Å². The predicted molar refractivity (Wildman–Crippen MR) is 68.6 cm³/mol. The minimum atomic E-state index is 0.204. The standard InChI is InChI=1S/C14H13NO2/c1-7-6-11(17)14-12(8(7)2)9-4-3-5-10(16)13(9)15-14/h3-6,15-17H,1-2H3. The minimum Gasteiger partial charge on any atom is -0.506 e. The van der Waals surface area contributed by atoms with Crippen molar-refractivity contribution in [1.29, 1.82) is 0 Å². The van der Waals surface area contributed by atoms with Crippen molar-refractivity contribution in [1.82, 2.24) is 4.98 Å². The zero-order valence-corrected chi connectivity index (χ0v) is 9.70. The SMILES string of the molecule is Cc1cc(O)c2[nH]c3c(O)cccc3c2c1C. The molecular formula is C14H13NO2. The lowest BCUT2D eigenvalue weighted by atomic mass is 10.0. The van der Waals surface area contributed by atoms with E-state index >= 15 is 0 Å². The van der Waals surface area contributed by atoms with Gasteiger partial charge in [0.05, 0.1) is 11.0 Å². The van der Waals surface area contributed by atoms with Gasteiger partial charge < -0.3 is 15.2 Å². The third-order valence-corrected chi connectivity index (χ3v) is 3.39. The number of fused-ring (bicyclic) bond motifs is 3. The molecule has 0 fully saturated rings. The van der Waals surface area contributed by atoms with Crippen LogP contribution in [-0.4, -0.2) is 15.2 Å². The maximum Gasteiger partial charge on any atom is 0.139 e. The van der Waals surface area contributed by atoms with Crippen LogP contribution in [0, 0.1) is 13.8 Å². The van der Waals surface area contributed by atoms with Gasteiger partial charge in [-0.1, -0.05) is 12.1 Å². The molecule has 3 heteroatoms. The van der Waals surface area contributed by atoms with Crippen molar-refractivity contribution in [3.63, 3.8) is 0 Å². The van der Waals surface area contributed by atoms with E-state index in [9.17, 15) is 10.2 Å². The molecule has 3 N–H and O–H groups in total. The number of aryl methyl sites for hydroxylation is 2. The highest BCUT2D eigenvalue weighted by Gasteiger charge is 2.13. The summed E-state index contributed by atoms with van der Waals surface area (Å²) in [7, 11) is 0. The maximum atomic E-state index is 9.96. The van der Waals surface area contributed by atoms with Gasteiger partial charge in [-0.2, -0.15) is 0 Å². The molecule has 0 saturated heterocycles. The summed E-state index contributed by atoms with van der Waals surface area (Å²) in [6.07, 6.45) is 0. The molecule has 0 aliphatic heterocycles. The summed E-state index contributed by atoms with van der Waals surface area (Å²) in [5.41, 5.74) is 3.52. The molecule has 1 heterocycles. The summed E-state index contributed by atoms with van der Waals surface area (Å²) in [5, 5.41) is 21.7. The number of phenols is 2. The van der Waals surface area contributed by atoms with E-state index in [0.717, 1.165) is 21.9 Å². The molecule has 86 valence electrons. The number of rotatable bonds is 0. The van der Waals surface area contributed by atoms with Gasteiger partial charge in [-0.15, -0.1) is 0 Å². The number of aromatic nitrogens is 1. The second-order valence-electron chi connectivity index (χ2n) is 4.41. The topological polar surface area (TPSA) is 56.2 Å². The average Bonchev–Trinajstić information content (AvgIpc) is 2.68. The lowest BCUT2D eigenvalue weighted by molar-refractivity contribution is 0.478. The molecular weight excluding hydrogens is 214 g/mol. The summed E-state index contributed by atoms with van der Waals surface area (Å²) >= 11 is 0. The number of aromatic hydroxyl groups is 2. The largest absolute Gasteiger partial charge is 0.506 e. The Morgan fingerprint density at radius 2 is 1.76 bits per heavy atom. The van der Waals surface area contributed by atoms with Gasteiger partial charge in [-0.25, -0.2) is 0 Å². The number of hydrogen-bond donors (Lipinski definition) is 3. The van der Waals surface area contributed by atoms with Crippen molar-refractivity contribution in [2.75, 3.05) is 0 Å². The van der Waals surface area contributed by atoms with Gasteiger partial charge >= 0.3 is 0 Å². The van der Waals surface area contributed by atoms with E-state index in [1.54, 1.807) is 12.1 Å². The Bertz CT molecular complexity index is 741. The molecule has 1 aromatic heterocycles. The minimum absolute atomic E-state index is 0.204. The van der Waals surface area contributed by atoms with Gasteiger partial charge in [0.15, 0.2) is 0 Å². The molecule has 0 spiro atoms. The van der Waals surface area contributed by atoms with E-state index in [1.807, 2.05) is 26.0 Å². The molecule has 0 bridgehead atoms. The highest BCUT2D eigenvalue weighted by Crippen LogP contribution is 2.37. The second-order valence-corrected chi connectivity index (χ2v) is 4.41. The van der Waals surface area contributed by atoms with Crippen LogP contribution >= 0.6 is 0 Å². The molecule has 0 saturated carbocycles. The fourth-order valence-electron chi connectivity index (χ4n) is 2.37. The van der Waals surface area contributed by atoms with Crippen LogP contribution in [0.4, 0.5) is 0 Å². The second kappa shape index (κ2) is 3.17. The molecule has 0 amide bonds. The van der Waals surface area contributed by atoms with Crippen LogP contribution in [0.2, 0.25) is 0 Å². The molecule has 3 aromatic rings. The van der Waals surface area contributed by atoms with Crippen molar-refractivity contribution < 1.29 is 10.2 Å². The third-order valence-electron chi connectivity index (χ3n) is 3.39. The quantitative estimate of drug-likeness (QED) is 0.551. The van der Waals surface area contributed by atoms with E-state index in [4.69, 9.17) is 0 Å². The molecule has 0 atom stereocenters. The number of phenolic OH excluding ortho intramolecular Hbond substituents is 2. The van der Waals surface area contributed by atoms with E-state index in [0.29, 0.717) is 11.0 Å². The van der Waals surface area contributed by atoms with E-state index in [1.165, 1.54) is 0 Å². The lowest BCUT2D eigenvalue weighted by Gasteiger charge is -2.04. The Morgan fingerprint density at radius 1 is 1.00 bits per heavy atom. The molecule has 0 aliphatic rings. The Kier molecular flexibility index (Phi) is 1.87. The fraction of sp³-hybridized carbons (Fsp3) is 0.143. The monoisotopic (exact) mass is 227 g/mol. The van der Waals surface area contributed by atoms with Crippen LogP contribution in [0.3, 0.4) is 0 Å². The van der Waals surface area contributed by atoms with Crippen LogP contribution in [0.15, 0.2) is 24.3 Å². The Hall–Kier alpha value is -2.16. The van der Waals surface area contributed by atoms with Crippen LogP contribution in [0.25, 0.3) is 21.8 Å². The first-order valence-electron chi connectivity index (χ1n) is 5.52. The number of aromatic amines is 1. The van der Waals surface area contributed by atoms with Crippen LogP contribution in [0.5, 0.6) is 11.5 Å². The van der Waals surface area contributed by atoms with Gasteiger partial charge in [-0.05, 0) is 37.1 Å². The fourth-order valence-corrected chi connectivity index (χ4v) is 2.37. The molecule has 17 heavy (non-hydrogen) atoms. The number of hydrogen-bond acceptors (Lipinski definition) is 2. The molecule has 2 aromatic carbocycles. The van der Waals surface area contributed by atoms with Gasteiger partial charge in [0.2, 0.25) is 0 Å². The Morgan fingerprint density at radius 3 is 2.53 bits per heavy atom. The summed E-state index contributed by atoms with van der Waals surface area (Å²) in [6, 6.07) is 7.13. The van der Waals surface area contributed by atoms with Gasteiger partial charge in [0, 0.05) is 10.8 Å². The zero-order valence-electron chi connectivity index (χ0n) is 9.70. The summed E-state index contributed by atoms with van der Waals surface area (Å²) in [5.74, 6) is 0.425. The van der Waals surface area contributed by atoms with E-state index < -0.39 is 0 Å². The summed E-state index contributed by atoms with van der Waals surface area (Å²) in [4.78, 5) is 3.08. The molecule has 0 aliphatic carbocycles. The average molecular weight is 227 g/mol. The first-order chi connectivity index (χ1) is 8.09. The highest BCUT2D eigenvalue weighted by atomic mass is 16.3. The Balaban J connectivity index is 2.66. The molecule has 0 unspecified atom stereocenters. The summed E-state index contributed by atoms with van der Waals surface area (Å²) < 4.78 is 0. The normalized spacial score (nSPS) is 11.4. The predicted octanol–water partition coefficient (Wildman–Crippen LogP) is 3.35. The van der Waals surface area contributed by atoms with Gasteiger partial charge in [0.25, 0.3) is 0 Å². The van der Waals surface area contributed by atoms with Gasteiger partial charge in [-0.3, -0.25) is 0 Å². The van der Waals surface area contributed by atoms with Crippen molar-refractivity contribution in [3.8, 4) is 11.5 Å². The smallest absolute Gasteiger partial charge is 0.139 e. The first-order valence-corrected chi connectivity index (χ1v) is 5.52. The van der Waals surface area contributed by atoms with E-state index in [-0.39, 0.29) is 11.5 Å². The van der Waals surface area contributed by atoms with Gasteiger partial charge in [0.1, 0.15) is 11.5 Å². The first kappa shape index (κ1) is 10.0. The van der Waals surface area contributed by atoms with Crippen LogP contribution in [-0.2, 0) is 0 Å². The summed E-state index contributed by atoms with van der Waals surface area (Å²) in [6.45, 7) is 3.99.